The smallest absolute Gasteiger partial charge is 0.264 e. The minimum atomic E-state index is -4.43. The Labute approximate surface area is 222 Å². The highest BCUT2D eigenvalue weighted by atomic mass is 32.2. The first-order chi connectivity index (χ1) is 18.7. The lowest BCUT2D eigenvalue weighted by atomic mass is 10.00. The third-order valence-corrected chi connectivity index (χ3v) is 7.37. The van der Waals surface area contributed by atoms with Crippen LogP contribution in [0.5, 0.6) is 5.88 Å². The minimum absolute atomic E-state index is 0.0347. The molecule has 0 amide bonds. The summed E-state index contributed by atoms with van der Waals surface area (Å²) in [6.45, 7) is 0. The van der Waals surface area contributed by atoms with Crippen LogP contribution in [0.4, 0.5) is 20.3 Å². The summed E-state index contributed by atoms with van der Waals surface area (Å²) in [6.07, 6.45) is 1.50. The summed E-state index contributed by atoms with van der Waals surface area (Å²) >= 11 is 0. The molecule has 0 saturated heterocycles. The largest absolute Gasteiger partial charge is 0.480 e. The van der Waals surface area contributed by atoms with Gasteiger partial charge in [-0.05, 0) is 59.7 Å². The van der Waals surface area contributed by atoms with Crippen molar-refractivity contribution in [2.45, 2.75) is 4.90 Å². The predicted octanol–water partition coefficient (Wildman–Crippen LogP) is 5.51. The number of nitrogen functional groups attached to an aromatic ring is 1. The van der Waals surface area contributed by atoms with E-state index in [4.69, 9.17) is 15.7 Å². The number of aromatic nitrogens is 2. The number of anilines is 2. The lowest BCUT2D eigenvalue weighted by Crippen LogP contribution is -2.15. The van der Waals surface area contributed by atoms with Crippen LogP contribution in [-0.2, 0) is 10.0 Å². The summed E-state index contributed by atoms with van der Waals surface area (Å²) in [6, 6.07) is 20.0. The summed E-state index contributed by atoms with van der Waals surface area (Å²) in [4.78, 5) is 7.97. The van der Waals surface area contributed by atoms with Gasteiger partial charge < -0.3 is 10.5 Å². The Bertz CT molecular complexity index is 1890. The third kappa shape index (κ3) is 5.05. The number of nitrogens with one attached hydrogen (secondary N) is 1. The number of rotatable bonds is 6. The molecule has 194 valence electrons. The van der Waals surface area contributed by atoms with Crippen LogP contribution in [0.1, 0.15) is 5.56 Å². The molecule has 0 unspecified atom stereocenters. The minimum Gasteiger partial charge on any atom is -0.480 e. The average Bonchev–Trinajstić information content (AvgIpc) is 2.92. The summed E-state index contributed by atoms with van der Waals surface area (Å²) in [5.74, 6) is -1.84. The quantitative estimate of drug-likeness (QED) is 0.289. The highest BCUT2D eigenvalue weighted by Gasteiger charge is 2.22. The Morgan fingerprint density at radius 1 is 0.949 bits per heavy atom. The van der Waals surface area contributed by atoms with E-state index >= 15 is 0 Å². The zero-order valence-electron chi connectivity index (χ0n) is 20.3. The summed E-state index contributed by atoms with van der Waals surface area (Å²) in [5, 5.41) is 9.82. The molecule has 0 aliphatic heterocycles. The van der Waals surface area contributed by atoms with Gasteiger partial charge in [0.25, 0.3) is 10.0 Å². The van der Waals surface area contributed by atoms with Crippen molar-refractivity contribution >= 4 is 32.4 Å². The molecule has 0 aliphatic rings. The van der Waals surface area contributed by atoms with E-state index < -0.39 is 26.6 Å². The van der Waals surface area contributed by atoms with Gasteiger partial charge in [0.15, 0.2) is 0 Å². The summed E-state index contributed by atoms with van der Waals surface area (Å²) in [7, 11) is -3.11. The van der Waals surface area contributed by atoms with Crippen molar-refractivity contribution in [2.75, 3.05) is 17.6 Å². The van der Waals surface area contributed by atoms with Gasteiger partial charge in [-0.3, -0.25) is 4.72 Å². The monoisotopic (exact) mass is 543 g/mol. The second kappa shape index (κ2) is 10.00. The fourth-order valence-electron chi connectivity index (χ4n) is 4.07. The van der Waals surface area contributed by atoms with Crippen molar-refractivity contribution in [3.8, 4) is 34.2 Å². The van der Waals surface area contributed by atoms with Crippen molar-refractivity contribution in [1.29, 1.82) is 5.26 Å². The number of methoxy groups -OCH3 is 1. The fraction of sp³-hybridized carbons (Fsp3) is 0.0357. The first-order valence-corrected chi connectivity index (χ1v) is 12.9. The zero-order valence-corrected chi connectivity index (χ0v) is 21.1. The molecule has 5 aromatic rings. The van der Waals surface area contributed by atoms with E-state index in [1.807, 2.05) is 12.1 Å². The van der Waals surface area contributed by atoms with Crippen molar-refractivity contribution in [3.05, 3.63) is 96.2 Å². The predicted molar refractivity (Wildman–Crippen MR) is 143 cm³/mol. The number of benzene rings is 3. The van der Waals surface area contributed by atoms with Crippen LogP contribution >= 0.6 is 0 Å². The topological polar surface area (TPSA) is 131 Å². The van der Waals surface area contributed by atoms with Crippen LogP contribution in [0.3, 0.4) is 0 Å². The van der Waals surface area contributed by atoms with Crippen LogP contribution in [0.25, 0.3) is 33.2 Å². The maximum absolute atomic E-state index is 14.2. The van der Waals surface area contributed by atoms with Gasteiger partial charge in [0.1, 0.15) is 28.0 Å². The van der Waals surface area contributed by atoms with E-state index in [0.29, 0.717) is 39.7 Å². The van der Waals surface area contributed by atoms with Crippen LogP contribution in [-0.4, -0.2) is 25.5 Å². The van der Waals surface area contributed by atoms with Gasteiger partial charge in [0, 0.05) is 28.8 Å². The van der Waals surface area contributed by atoms with Gasteiger partial charge in [-0.25, -0.2) is 27.2 Å². The Morgan fingerprint density at radius 2 is 1.69 bits per heavy atom. The number of fused-ring (bicyclic) bond motifs is 1. The number of hydrogen-bond acceptors (Lipinski definition) is 7. The number of sulfonamides is 1. The Balaban J connectivity index is 1.54. The van der Waals surface area contributed by atoms with Crippen LogP contribution in [0.15, 0.2) is 83.9 Å². The highest BCUT2D eigenvalue weighted by molar-refractivity contribution is 7.92. The number of hydrogen-bond donors (Lipinski definition) is 2. The molecule has 5 rings (SSSR count). The first kappa shape index (κ1) is 25.6. The molecule has 8 nitrogen and oxygen atoms in total. The van der Waals surface area contributed by atoms with E-state index in [9.17, 15) is 17.2 Å². The second-order valence-electron chi connectivity index (χ2n) is 8.48. The first-order valence-electron chi connectivity index (χ1n) is 11.4. The van der Waals surface area contributed by atoms with Gasteiger partial charge >= 0.3 is 0 Å². The lowest BCUT2D eigenvalue weighted by molar-refractivity contribution is 0.400. The third-order valence-electron chi connectivity index (χ3n) is 5.97. The van der Waals surface area contributed by atoms with E-state index in [1.165, 1.54) is 19.4 Å². The van der Waals surface area contributed by atoms with Crippen LogP contribution in [0, 0.1) is 23.0 Å². The fourth-order valence-corrected chi connectivity index (χ4v) is 5.17. The summed E-state index contributed by atoms with van der Waals surface area (Å²) < 4.78 is 60.7. The molecule has 0 aliphatic carbocycles. The van der Waals surface area contributed by atoms with Crippen molar-refractivity contribution in [3.63, 3.8) is 0 Å². The van der Waals surface area contributed by atoms with E-state index in [2.05, 4.69) is 20.8 Å². The van der Waals surface area contributed by atoms with Crippen molar-refractivity contribution < 1.29 is 21.9 Å². The van der Waals surface area contributed by atoms with Gasteiger partial charge in [0.05, 0.1) is 24.3 Å². The van der Waals surface area contributed by atoms with E-state index in [0.717, 1.165) is 23.1 Å². The highest BCUT2D eigenvalue weighted by Crippen LogP contribution is 2.34. The van der Waals surface area contributed by atoms with Crippen molar-refractivity contribution in [2.24, 2.45) is 0 Å². The molecule has 3 N–H and O–H groups in total. The van der Waals surface area contributed by atoms with Crippen molar-refractivity contribution in [1.82, 2.24) is 9.97 Å². The number of halogens is 2. The molecule has 2 aromatic heterocycles. The normalized spacial score (nSPS) is 11.2. The number of pyridine rings is 2. The van der Waals surface area contributed by atoms with Gasteiger partial charge in [-0.2, -0.15) is 5.26 Å². The standard InChI is InChI=1S/C28H19F2N5O3S/c1-38-28-25(35-39(36,37)26-9-7-21(29)13-23(26)30)12-20(15-33-28)18-6-8-24-19(10-18)11-22(27(32)34-24)17-4-2-16(14-31)3-5-17/h2-13,15,35H,1H3,(H2,32,34). The number of nitrogens with two attached hydrogens (primary N) is 1. The molecule has 3 aromatic carbocycles. The SMILES string of the molecule is COc1ncc(-c2ccc3nc(N)c(-c4ccc(C#N)cc4)cc3c2)cc1NS(=O)(=O)c1ccc(F)cc1F. The lowest BCUT2D eigenvalue weighted by Gasteiger charge is -2.14. The molecule has 0 fully saturated rings. The average molecular weight is 544 g/mol. The Hall–Kier alpha value is -5.08. The van der Waals surface area contributed by atoms with Gasteiger partial charge in [-0.1, -0.05) is 18.2 Å². The van der Waals surface area contributed by atoms with Gasteiger partial charge in [-0.15, -0.1) is 0 Å². The molecule has 39 heavy (non-hydrogen) atoms. The summed E-state index contributed by atoms with van der Waals surface area (Å²) in [5.41, 5.74) is 10.0. The maximum Gasteiger partial charge on any atom is 0.264 e. The van der Waals surface area contributed by atoms with Crippen LogP contribution < -0.4 is 15.2 Å². The molecule has 11 heteroatoms. The number of nitrogens with zero attached hydrogens (tertiary/aromatic N) is 3. The molecular formula is C28H19F2N5O3S. The molecule has 0 atom stereocenters. The molecule has 2 heterocycles. The number of nitriles is 1. The molecule has 0 bridgehead atoms. The molecule has 0 radical (unpaired) electrons. The zero-order chi connectivity index (χ0) is 27.7. The Morgan fingerprint density at radius 3 is 2.38 bits per heavy atom. The van der Waals surface area contributed by atoms with E-state index in [-0.39, 0.29) is 11.6 Å². The second-order valence-corrected chi connectivity index (χ2v) is 10.1. The molecule has 0 saturated carbocycles. The maximum atomic E-state index is 14.2. The number of ether oxygens (including phenoxy) is 1. The molecule has 0 spiro atoms. The van der Waals surface area contributed by atoms with Gasteiger partial charge in [0.2, 0.25) is 5.88 Å². The Kier molecular flexibility index (Phi) is 6.55. The van der Waals surface area contributed by atoms with E-state index in [1.54, 1.807) is 36.4 Å². The van der Waals surface area contributed by atoms with Crippen LogP contribution in [0.2, 0.25) is 0 Å². The molecular weight excluding hydrogens is 524 g/mol.